The van der Waals surface area contributed by atoms with Crippen LogP contribution in [0.25, 0.3) is 11.1 Å². The van der Waals surface area contributed by atoms with E-state index in [1.54, 1.807) is 12.1 Å². The predicted octanol–water partition coefficient (Wildman–Crippen LogP) is 6.05. The molecule has 3 rings (SSSR count). The van der Waals surface area contributed by atoms with Crippen LogP contribution in [0.15, 0.2) is 36.4 Å². The number of hydrogen-bond donors (Lipinski definition) is 0. The van der Waals surface area contributed by atoms with Crippen LogP contribution < -0.4 is 0 Å². The van der Waals surface area contributed by atoms with Crippen LogP contribution >= 0.6 is 0 Å². The average molecular weight is 286 g/mol. The second-order valence-corrected chi connectivity index (χ2v) is 6.49. The fraction of sp³-hybridized carbons (Fsp3) is 0.368. The molecule has 0 saturated carbocycles. The van der Waals surface area contributed by atoms with Crippen molar-refractivity contribution < 1.29 is 8.78 Å². The lowest BCUT2D eigenvalue weighted by Crippen LogP contribution is -2.11. The van der Waals surface area contributed by atoms with Crippen molar-refractivity contribution in [2.75, 3.05) is 0 Å². The first-order valence-corrected chi connectivity index (χ1v) is 7.49. The molecule has 0 aromatic heterocycles. The van der Waals surface area contributed by atoms with Crippen molar-refractivity contribution in [3.8, 4) is 11.1 Å². The Balaban J connectivity index is 2.23. The molecule has 0 radical (unpaired) electrons. The molecular weight excluding hydrogens is 266 g/mol. The SMILES string of the molecule is CC(C)c1ccc2c(c1)-c1ccc(C(C)C)cc1C2(F)F. The van der Waals surface area contributed by atoms with E-state index < -0.39 is 5.92 Å². The van der Waals surface area contributed by atoms with Crippen LogP contribution in [0.5, 0.6) is 0 Å². The zero-order valence-corrected chi connectivity index (χ0v) is 12.9. The smallest absolute Gasteiger partial charge is 0.196 e. The third-order valence-electron chi connectivity index (χ3n) is 4.39. The molecule has 0 spiro atoms. The van der Waals surface area contributed by atoms with Gasteiger partial charge in [0.15, 0.2) is 0 Å². The number of alkyl halides is 2. The van der Waals surface area contributed by atoms with Crippen molar-refractivity contribution in [3.63, 3.8) is 0 Å². The van der Waals surface area contributed by atoms with Gasteiger partial charge in [-0.05, 0) is 40.2 Å². The van der Waals surface area contributed by atoms with Crippen molar-refractivity contribution >= 4 is 0 Å². The molecule has 0 saturated heterocycles. The minimum atomic E-state index is -2.88. The highest BCUT2D eigenvalue weighted by molar-refractivity contribution is 5.80. The first-order valence-electron chi connectivity index (χ1n) is 7.49. The van der Waals surface area contributed by atoms with Crippen molar-refractivity contribution in [2.45, 2.75) is 45.5 Å². The highest BCUT2D eigenvalue weighted by atomic mass is 19.3. The minimum absolute atomic E-state index is 0.141. The normalized spacial score (nSPS) is 15.4. The molecule has 0 bridgehead atoms. The van der Waals surface area contributed by atoms with Gasteiger partial charge in [0.1, 0.15) is 0 Å². The molecule has 2 aromatic rings. The summed E-state index contributed by atoms with van der Waals surface area (Å²) in [5.74, 6) is -2.30. The van der Waals surface area contributed by atoms with Crippen LogP contribution in [0.4, 0.5) is 8.78 Å². The molecular formula is C19H20F2. The van der Waals surface area contributed by atoms with E-state index in [1.807, 2.05) is 38.1 Å². The number of benzene rings is 2. The summed E-state index contributed by atoms with van der Waals surface area (Å²) in [6.45, 7) is 8.22. The number of fused-ring (bicyclic) bond motifs is 3. The van der Waals surface area contributed by atoms with E-state index in [1.165, 1.54) is 0 Å². The van der Waals surface area contributed by atoms with E-state index in [0.29, 0.717) is 17.0 Å². The monoisotopic (exact) mass is 286 g/mol. The van der Waals surface area contributed by atoms with Gasteiger partial charge in [-0.1, -0.05) is 58.0 Å². The molecule has 0 fully saturated rings. The second kappa shape index (κ2) is 4.66. The summed E-state index contributed by atoms with van der Waals surface area (Å²) in [7, 11) is 0. The van der Waals surface area contributed by atoms with Crippen molar-refractivity contribution in [2.24, 2.45) is 0 Å². The second-order valence-electron chi connectivity index (χ2n) is 6.49. The molecule has 2 aromatic carbocycles. The Bertz CT molecular complexity index is 697. The Labute approximate surface area is 124 Å². The van der Waals surface area contributed by atoms with Crippen LogP contribution in [-0.4, -0.2) is 0 Å². The van der Waals surface area contributed by atoms with Gasteiger partial charge in [0.2, 0.25) is 0 Å². The summed E-state index contributed by atoms with van der Waals surface area (Å²) < 4.78 is 29.4. The third kappa shape index (κ3) is 2.08. The summed E-state index contributed by atoms with van der Waals surface area (Å²) in [4.78, 5) is 0. The molecule has 0 aliphatic heterocycles. The van der Waals surface area contributed by atoms with Gasteiger partial charge in [0.05, 0.1) is 0 Å². The summed E-state index contributed by atoms with van der Waals surface area (Å²) in [5, 5.41) is 0. The zero-order chi connectivity index (χ0) is 15.4. The van der Waals surface area contributed by atoms with E-state index in [9.17, 15) is 8.78 Å². The fourth-order valence-electron chi connectivity index (χ4n) is 2.98. The highest BCUT2D eigenvalue weighted by Gasteiger charge is 2.44. The van der Waals surface area contributed by atoms with Gasteiger partial charge in [0, 0.05) is 11.1 Å². The highest BCUT2D eigenvalue weighted by Crippen LogP contribution is 2.52. The van der Waals surface area contributed by atoms with E-state index in [-0.39, 0.29) is 17.0 Å². The number of rotatable bonds is 2. The van der Waals surface area contributed by atoms with Gasteiger partial charge >= 0.3 is 0 Å². The Hall–Kier alpha value is -1.70. The lowest BCUT2D eigenvalue weighted by Gasteiger charge is -2.14. The van der Waals surface area contributed by atoms with Crippen LogP contribution in [0, 0.1) is 0 Å². The van der Waals surface area contributed by atoms with E-state index in [2.05, 4.69) is 13.8 Å². The lowest BCUT2D eigenvalue weighted by molar-refractivity contribution is 0.0479. The maximum absolute atomic E-state index is 14.7. The zero-order valence-electron chi connectivity index (χ0n) is 12.9. The quantitative estimate of drug-likeness (QED) is 0.630. The summed E-state index contributed by atoms with van der Waals surface area (Å²) in [6, 6.07) is 10.8. The molecule has 21 heavy (non-hydrogen) atoms. The summed E-state index contributed by atoms with van der Waals surface area (Å²) in [5.41, 5.74) is 3.74. The van der Waals surface area contributed by atoms with E-state index in [0.717, 1.165) is 11.1 Å². The van der Waals surface area contributed by atoms with Crippen LogP contribution in [0.2, 0.25) is 0 Å². The molecule has 110 valence electrons. The van der Waals surface area contributed by atoms with E-state index in [4.69, 9.17) is 0 Å². The Morgan fingerprint density at radius 2 is 1.29 bits per heavy atom. The Morgan fingerprint density at radius 3 is 1.90 bits per heavy atom. The van der Waals surface area contributed by atoms with Crippen molar-refractivity contribution in [3.05, 3.63) is 58.7 Å². The molecule has 1 aliphatic rings. The number of hydrogen-bond acceptors (Lipinski definition) is 0. The lowest BCUT2D eigenvalue weighted by atomic mass is 9.95. The molecule has 0 atom stereocenters. The summed E-state index contributed by atoms with van der Waals surface area (Å²) >= 11 is 0. The van der Waals surface area contributed by atoms with E-state index >= 15 is 0 Å². The van der Waals surface area contributed by atoms with Crippen LogP contribution in [0.3, 0.4) is 0 Å². The van der Waals surface area contributed by atoms with Gasteiger partial charge in [0.25, 0.3) is 5.92 Å². The number of halogens is 2. The van der Waals surface area contributed by atoms with Crippen molar-refractivity contribution in [1.82, 2.24) is 0 Å². The van der Waals surface area contributed by atoms with Gasteiger partial charge < -0.3 is 0 Å². The topological polar surface area (TPSA) is 0 Å². The molecule has 0 nitrogen and oxygen atoms in total. The molecule has 0 heterocycles. The molecule has 1 aliphatic carbocycles. The first kappa shape index (κ1) is 14.2. The minimum Gasteiger partial charge on any atom is -0.196 e. The van der Waals surface area contributed by atoms with Crippen molar-refractivity contribution in [1.29, 1.82) is 0 Å². The van der Waals surface area contributed by atoms with Gasteiger partial charge in [-0.15, -0.1) is 0 Å². The predicted molar refractivity (Wildman–Crippen MR) is 83.1 cm³/mol. The summed E-state index contributed by atoms with van der Waals surface area (Å²) in [6.07, 6.45) is 0. The molecule has 0 N–H and O–H groups in total. The third-order valence-corrected chi connectivity index (χ3v) is 4.39. The Morgan fingerprint density at radius 1 is 0.714 bits per heavy atom. The maximum Gasteiger partial charge on any atom is 0.299 e. The average Bonchev–Trinajstić information content (AvgIpc) is 2.67. The van der Waals surface area contributed by atoms with Crippen LogP contribution in [-0.2, 0) is 5.92 Å². The fourth-order valence-corrected chi connectivity index (χ4v) is 2.98. The first-order chi connectivity index (χ1) is 9.82. The van der Waals surface area contributed by atoms with Gasteiger partial charge in [-0.25, -0.2) is 0 Å². The largest absolute Gasteiger partial charge is 0.299 e. The maximum atomic E-state index is 14.7. The van der Waals surface area contributed by atoms with Gasteiger partial charge in [-0.2, -0.15) is 8.78 Å². The Kier molecular flexibility index (Phi) is 3.16. The molecule has 0 amide bonds. The van der Waals surface area contributed by atoms with Gasteiger partial charge in [-0.3, -0.25) is 0 Å². The standard InChI is InChI=1S/C19H20F2/c1-11(2)13-6-8-17-16(9-13)15-7-5-14(12(3)4)10-18(15)19(17,20)21/h5-12H,1-4H3. The molecule has 2 heteroatoms. The van der Waals surface area contributed by atoms with Crippen LogP contribution in [0.1, 0.15) is 61.8 Å². The molecule has 0 unspecified atom stereocenters.